The van der Waals surface area contributed by atoms with Gasteiger partial charge in [-0.1, -0.05) is 0 Å². The smallest absolute Gasteiger partial charge is 0.164 e. The Bertz CT molecular complexity index is 652. The molecule has 3 rings (SSSR count). The molecule has 0 saturated carbocycles. The maximum absolute atomic E-state index is 10.1. The predicted molar refractivity (Wildman–Crippen MR) is 76.3 cm³/mol. The topological polar surface area (TPSA) is 106 Å². The highest BCUT2D eigenvalue weighted by Crippen LogP contribution is 2.36. The average molecular weight is 364 g/mol. The molecule has 108 valence electrons. The fourth-order valence-corrected chi connectivity index (χ4v) is 3.20. The van der Waals surface area contributed by atoms with Crippen molar-refractivity contribution in [1.29, 1.82) is 0 Å². The lowest BCUT2D eigenvalue weighted by Gasteiger charge is -2.17. The van der Waals surface area contributed by atoms with Gasteiger partial charge in [-0.05, 0) is 15.9 Å². The normalized spacial score (nSPS) is 30.2. The van der Waals surface area contributed by atoms with Gasteiger partial charge in [-0.3, -0.25) is 0 Å². The van der Waals surface area contributed by atoms with E-state index in [2.05, 4.69) is 25.9 Å². The number of hydrogen-bond donors (Lipinski definition) is 3. The Morgan fingerprint density at radius 3 is 2.80 bits per heavy atom. The second-order valence-electron chi connectivity index (χ2n) is 4.54. The summed E-state index contributed by atoms with van der Waals surface area (Å²) in [5.74, 6) is 0.411. The molecule has 9 heteroatoms. The third kappa shape index (κ3) is 1.99. The van der Waals surface area contributed by atoms with E-state index in [0.29, 0.717) is 21.3 Å². The molecular weight excluding hydrogens is 352 g/mol. The van der Waals surface area contributed by atoms with Crippen molar-refractivity contribution < 1.29 is 14.9 Å². The van der Waals surface area contributed by atoms with Gasteiger partial charge in [0.1, 0.15) is 36.1 Å². The Morgan fingerprint density at radius 2 is 2.15 bits per heavy atom. The molecule has 1 fully saturated rings. The second-order valence-corrected chi connectivity index (χ2v) is 5.71. The molecule has 0 bridgehead atoms. The van der Waals surface area contributed by atoms with E-state index in [1.807, 2.05) is 0 Å². The van der Waals surface area contributed by atoms with Crippen molar-refractivity contribution >= 4 is 44.4 Å². The van der Waals surface area contributed by atoms with E-state index in [1.165, 1.54) is 6.33 Å². The molecule has 7 nitrogen and oxygen atoms in total. The first-order valence-corrected chi connectivity index (χ1v) is 7.21. The Balaban J connectivity index is 2.10. The molecule has 4 N–H and O–H groups in total. The number of nitrogens with two attached hydrogens (primary N) is 1. The van der Waals surface area contributed by atoms with Gasteiger partial charge in [-0.2, -0.15) is 0 Å². The van der Waals surface area contributed by atoms with Crippen LogP contribution >= 0.6 is 27.5 Å². The van der Waals surface area contributed by atoms with Crippen LogP contribution in [0.3, 0.4) is 0 Å². The third-order valence-electron chi connectivity index (χ3n) is 3.36. The molecule has 1 aliphatic heterocycles. The fourth-order valence-electron chi connectivity index (χ4n) is 2.34. The number of nitrogen functional groups attached to an aromatic ring is 1. The van der Waals surface area contributed by atoms with Crippen LogP contribution in [-0.4, -0.2) is 48.9 Å². The number of alkyl halides is 1. The van der Waals surface area contributed by atoms with Crippen LogP contribution in [0.4, 0.5) is 5.82 Å². The van der Waals surface area contributed by atoms with Gasteiger partial charge in [0, 0.05) is 10.7 Å². The van der Waals surface area contributed by atoms with Crippen molar-refractivity contribution in [2.45, 2.75) is 24.5 Å². The predicted octanol–water partition coefficient (Wildman–Crippen LogP) is 0.634. The number of ether oxygens (including phenoxy) is 1. The SMILES string of the molecule is Nc1ncnc2c1c(Br)cn2[C@@H]1O[C@H](CCl)[C@H](O)[C@@H]1O. The lowest BCUT2D eigenvalue weighted by Crippen LogP contribution is -2.32. The third-order valence-corrected chi connectivity index (χ3v) is 4.26. The zero-order chi connectivity index (χ0) is 14.4. The van der Waals surface area contributed by atoms with Gasteiger partial charge in [0.05, 0.1) is 11.3 Å². The maximum Gasteiger partial charge on any atom is 0.164 e. The van der Waals surface area contributed by atoms with E-state index in [4.69, 9.17) is 22.1 Å². The van der Waals surface area contributed by atoms with Crippen molar-refractivity contribution in [3.8, 4) is 0 Å². The Kier molecular flexibility index (Phi) is 3.59. The van der Waals surface area contributed by atoms with Gasteiger partial charge in [0.25, 0.3) is 0 Å². The molecule has 3 heterocycles. The Hall–Kier alpha value is -0.930. The first kappa shape index (κ1) is 14.0. The van der Waals surface area contributed by atoms with Crippen LogP contribution in [0.5, 0.6) is 0 Å². The lowest BCUT2D eigenvalue weighted by molar-refractivity contribution is -0.0289. The number of halogens is 2. The summed E-state index contributed by atoms with van der Waals surface area (Å²) >= 11 is 9.09. The van der Waals surface area contributed by atoms with Crippen LogP contribution in [0, 0.1) is 0 Å². The summed E-state index contributed by atoms with van der Waals surface area (Å²) in [7, 11) is 0. The van der Waals surface area contributed by atoms with Crippen molar-refractivity contribution in [3.05, 3.63) is 17.0 Å². The van der Waals surface area contributed by atoms with Gasteiger partial charge in [-0.25, -0.2) is 9.97 Å². The van der Waals surface area contributed by atoms with Gasteiger partial charge in [-0.15, -0.1) is 11.6 Å². The van der Waals surface area contributed by atoms with Gasteiger partial charge < -0.3 is 25.3 Å². The molecule has 0 aromatic carbocycles. The number of anilines is 1. The van der Waals surface area contributed by atoms with E-state index in [9.17, 15) is 10.2 Å². The van der Waals surface area contributed by atoms with Gasteiger partial charge in [0.2, 0.25) is 0 Å². The van der Waals surface area contributed by atoms with Crippen molar-refractivity contribution in [2.24, 2.45) is 0 Å². The first-order valence-electron chi connectivity index (χ1n) is 5.88. The lowest BCUT2D eigenvalue weighted by atomic mass is 10.1. The minimum Gasteiger partial charge on any atom is -0.387 e. The molecule has 2 aromatic heterocycles. The molecule has 0 aliphatic carbocycles. The highest BCUT2D eigenvalue weighted by Gasteiger charge is 2.43. The molecule has 0 spiro atoms. The summed E-state index contributed by atoms with van der Waals surface area (Å²) in [6, 6.07) is 0. The summed E-state index contributed by atoms with van der Waals surface area (Å²) < 4.78 is 7.89. The number of aliphatic hydroxyl groups excluding tert-OH is 2. The van der Waals surface area contributed by atoms with Crippen LogP contribution in [0.1, 0.15) is 6.23 Å². The maximum atomic E-state index is 10.1. The number of rotatable bonds is 2. The summed E-state index contributed by atoms with van der Waals surface area (Å²) in [5, 5.41) is 20.6. The van der Waals surface area contributed by atoms with Crippen molar-refractivity contribution in [1.82, 2.24) is 14.5 Å². The van der Waals surface area contributed by atoms with Crippen LogP contribution in [0.25, 0.3) is 11.0 Å². The number of aromatic nitrogens is 3. The minimum absolute atomic E-state index is 0.0895. The molecular formula is C11H12BrClN4O3. The molecule has 1 saturated heterocycles. The van der Waals surface area contributed by atoms with Crippen LogP contribution in [-0.2, 0) is 4.74 Å². The van der Waals surface area contributed by atoms with Gasteiger partial charge in [0.15, 0.2) is 6.23 Å². The summed E-state index contributed by atoms with van der Waals surface area (Å²) in [6.07, 6.45) is -0.543. The van der Waals surface area contributed by atoms with Crippen molar-refractivity contribution in [3.63, 3.8) is 0 Å². The fraction of sp³-hybridized carbons (Fsp3) is 0.455. The molecule has 2 aromatic rings. The second kappa shape index (κ2) is 5.12. The summed E-state index contributed by atoms with van der Waals surface area (Å²) in [5.41, 5.74) is 6.33. The Labute approximate surface area is 127 Å². The monoisotopic (exact) mass is 362 g/mol. The number of aliphatic hydroxyl groups is 2. The van der Waals surface area contributed by atoms with E-state index < -0.39 is 24.5 Å². The summed E-state index contributed by atoms with van der Waals surface area (Å²) in [6.45, 7) is 0. The molecule has 1 aliphatic rings. The van der Waals surface area contributed by atoms with Crippen LogP contribution in [0.2, 0.25) is 0 Å². The van der Waals surface area contributed by atoms with E-state index >= 15 is 0 Å². The highest BCUT2D eigenvalue weighted by atomic mass is 79.9. The van der Waals surface area contributed by atoms with Gasteiger partial charge >= 0.3 is 0 Å². The zero-order valence-electron chi connectivity index (χ0n) is 10.1. The van der Waals surface area contributed by atoms with Crippen molar-refractivity contribution in [2.75, 3.05) is 11.6 Å². The Morgan fingerprint density at radius 1 is 1.40 bits per heavy atom. The van der Waals surface area contributed by atoms with Crippen LogP contribution in [0.15, 0.2) is 17.0 Å². The molecule has 0 radical (unpaired) electrons. The highest BCUT2D eigenvalue weighted by molar-refractivity contribution is 9.10. The number of fused-ring (bicyclic) bond motifs is 1. The largest absolute Gasteiger partial charge is 0.387 e. The number of hydrogen-bond acceptors (Lipinski definition) is 6. The molecule has 0 amide bonds. The van der Waals surface area contributed by atoms with Crippen LogP contribution < -0.4 is 5.73 Å². The summed E-state index contributed by atoms with van der Waals surface area (Å²) in [4.78, 5) is 8.08. The quantitative estimate of drug-likeness (QED) is 0.676. The zero-order valence-corrected chi connectivity index (χ0v) is 12.5. The minimum atomic E-state index is -1.10. The molecule has 20 heavy (non-hydrogen) atoms. The van der Waals surface area contributed by atoms with E-state index in [-0.39, 0.29) is 5.88 Å². The molecule has 0 unspecified atom stereocenters. The molecule has 4 atom stereocenters. The van der Waals surface area contributed by atoms with E-state index in [0.717, 1.165) is 0 Å². The number of nitrogens with zero attached hydrogens (tertiary/aromatic N) is 3. The first-order chi connectivity index (χ1) is 9.54. The average Bonchev–Trinajstić information content (AvgIpc) is 2.90. The standard InChI is InChI=1S/C11H12BrClN4O3/c12-4-2-17(10-6(4)9(14)15-3-16-10)11-8(19)7(18)5(1-13)20-11/h2-3,5,7-8,11,18-19H,1H2,(H2,14,15,16)/t5-,7+,8+,11-/m1/s1. The van der Waals surface area contributed by atoms with E-state index in [1.54, 1.807) is 10.8 Å².